The van der Waals surface area contributed by atoms with Gasteiger partial charge in [0.1, 0.15) is 11.3 Å². The van der Waals surface area contributed by atoms with Gasteiger partial charge in [0, 0.05) is 55.1 Å². The van der Waals surface area contributed by atoms with E-state index in [0.717, 1.165) is 60.6 Å². The standard InChI is InChI=1S/C27H36N4O4S/c1-29(2)19-7-9-20(10-8-19)35-25-12-11-21(36(32,33)31-15-5-6-16-31)17-23(25)24-18-30(3)26-22(24)13-14-28-27(26)34-4/h11-14,17-20H,5-10,15-16H2,1-4H3/t19-,20-. The lowest BCUT2D eigenvalue weighted by molar-refractivity contribution is 0.111. The third-order valence-electron chi connectivity index (χ3n) is 7.66. The topological polar surface area (TPSA) is 76.9 Å². The summed E-state index contributed by atoms with van der Waals surface area (Å²) in [5.74, 6) is 1.25. The van der Waals surface area contributed by atoms with Gasteiger partial charge in [-0.05, 0) is 76.9 Å². The predicted molar refractivity (Wildman–Crippen MR) is 141 cm³/mol. The zero-order valence-corrected chi connectivity index (χ0v) is 22.4. The van der Waals surface area contributed by atoms with Gasteiger partial charge >= 0.3 is 0 Å². The number of nitrogens with zero attached hydrogens (tertiary/aromatic N) is 4. The smallest absolute Gasteiger partial charge is 0.243 e. The summed E-state index contributed by atoms with van der Waals surface area (Å²) in [6.07, 6.45) is 9.76. The Morgan fingerprint density at radius 1 is 1.03 bits per heavy atom. The Hall–Kier alpha value is -2.62. The zero-order chi connectivity index (χ0) is 25.4. The van der Waals surface area contributed by atoms with Crippen molar-refractivity contribution >= 4 is 20.9 Å². The summed E-state index contributed by atoms with van der Waals surface area (Å²) in [4.78, 5) is 6.95. The SMILES string of the molecule is COc1nccc2c(-c3cc(S(=O)(=O)N4CCCC4)ccc3O[C@H]3CC[C@H](N(C)C)CC3)cn(C)c12. The highest BCUT2D eigenvalue weighted by Gasteiger charge is 2.30. The van der Waals surface area contributed by atoms with Gasteiger partial charge in [-0.2, -0.15) is 4.31 Å². The molecule has 0 radical (unpaired) electrons. The van der Waals surface area contributed by atoms with E-state index in [4.69, 9.17) is 9.47 Å². The van der Waals surface area contributed by atoms with Gasteiger partial charge in [-0.1, -0.05) is 0 Å². The molecule has 0 amide bonds. The number of hydrogen-bond acceptors (Lipinski definition) is 6. The number of benzene rings is 1. The van der Waals surface area contributed by atoms with Crippen LogP contribution in [0.3, 0.4) is 0 Å². The van der Waals surface area contributed by atoms with Crippen LogP contribution in [0.4, 0.5) is 0 Å². The number of ether oxygens (including phenoxy) is 2. The van der Waals surface area contributed by atoms with Crippen LogP contribution in [-0.4, -0.2) is 73.6 Å². The molecule has 0 unspecified atom stereocenters. The summed E-state index contributed by atoms with van der Waals surface area (Å²) in [5.41, 5.74) is 2.55. The summed E-state index contributed by atoms with van der Waals surface area (Å²) < 4.78 is 42.5. The van der Waals surface area contributed by atoms with E-state index in [0.29, 0.717) is 35.7 Å². The van der Waals surface area contributed by atoms with Crippen LogP contribution in [-0.2, 0) is 17.1 Å². The van der Waals surface area contributed by atoms with Crippen LogP contribution in [0, 0.1) is 0 Å². The Morgan fingerprint density at radius 3 is 2.42 bits per heavy atom. The van der Waals surface area contributed by atoms with Crippen LogP contribution in [0.15, 0.2) is 41.6 Å². The molecule has 2 fully saturated rings. The second kappa shape index (κ2) is 10.0. The van der Waals surface area contributed by atoms with Gasteiger partial charge in [-0.15, -0.1) is 0 Å². The first-order chi connectivity index (χ1) is 17.3. The van der Waals surface area contributed by atoms with Gasteiger partial charge in [-0.25, -0.2) is 13.4 Å². The van der Waals surface area contributed by atoms with Crippen LogP contribution >= 0.6 is 0 Å². The first-order valence-corrected chi connectivity index (χ1v) is 14.2. The molecule has 2 aromatic heterocycles. The molecule has 1 aliphatic carbocycles. The van der Waals surface area contributed by atoms with Crippen molar-refractivity contribution in [2.45, 2.75) is 55.6 Å². The molecule has 2 aliphatic rings. The van der Waals surface area contributed by atoms with Crippen LogP contribution in [0.1, 0.15) is 38.5 Å². The number of hydrogen-bond donors (Lipinski definition) is 0. The van der Waals surface area contributed by atoms with E-state index in [-0.39, 0.29) is 6.10 Å². The predicted octanol–water partition coefficient (Wildman–Crippen LogP) is 4.29. The van der Waals surface area contributed by atoms with Crippen molar-refractivity contribution in [2.24, 2.45) is 7.05 Å². The Kier molecular flexibility index (Phi) is 6.98. The number of aromatic nitrogens is 2. The fourth-order valence-electron chi connectivity index (χ4n) is 5.60. The van der Waals surface area contributed by atoms with Crippen LogP contribution < -0.4 is 9.47 Å². The highest BCUT2D eigenvalue weighted by Crippen LogP contribution is 2.41. The van der Waals surface area contributed by atoms with Crippen molar-refractivity contribution in [3.63, 3.8) is 0 Å². The Labute approximate surface area is 213 Å². The van der Waals surface area contributed by atoms with Crippen molar-refractivity contribution in [1.29, 1.82) is 0 Å². The summed E-state index contributed by atoms with van der Waals surface area (Å²) >= 11 is 0. The van der Waals surface area contributed by atoms with Crippen LogP contribution in [0.5, 0.6) is 11.6 Å². The second-order valence-electron chi connectivity index (χ2n) is 10.2. The third-order valence-corrected chi connectivity index (χ3v) is 9.56. The Bertz CT molecular complexity index is 1340. The fraction of sp³-hybridized carbons (Fsp3) is 0.519. The highest BCUT2D eigenvalue weighted by molar-refractivity contribution is 7.89. The van der Waals surface area contributed by atoms with Crippen LogP contribution in [0.2, 0.25) is 0 Å². The minimum Gasteiger partial charge on any atom is -0.490 e. The van der Waals surface area contributed by atoms with E-state index >= 15 is 0 Å². The average Bonchev–Trinajstić information content (AvgIpc) is 3.54. The third kappa shape index (κ3) is 4.60. The second-order valence-corrected chi connectivity index (χ2v) is 12.1. The first kappa shape index (κ1) is 25.0. The molecule has 0 spiro atoms. The molecule has 0 N–H and O–H groups in total. The van der Waals surface area contributed by atoms with Crippen molar-refractivity contribution in [1.82, 2.24) is 18.8 Å². The summed E-state index contributed by atoms with van der Waals surface area (Å²) in [6, 6.07) is 7.85. The van der Waals surface area contributed by atoms with Gasteiger partial charge in [0.15, 0.2) is 0 Å². The van der Waals surface area contributed by atoms with Crippen molar-refractivity contribution in [3.8, 4) is 22.8 Å². The number of pyridine rings is 1. The molecule has 0 atom stereocenters. The average molecular weight is 513 g/mol. The van der Waals surface area contributed by atoms with E-state index in [9.17, 15) is 8.42 Å². The van der Waals surface area contributed by atoms with Gasteiger partial charge in [0.25, 0.3) is 0 Å². The molecular formula is C27H36N4O4S. The number of methoxy groups -OCH3 is 1. The number of sulfonamides is 1. The van der Waals surface area contributed by atoms with E-state index in [1.54, 1.807) is 29.7 Å². The molecule has 1 aromatic carbocycles. The van der Waals surface area contributed by atoms with E-state index in [1.165, 1.54) is 0 Å². The minimum absolute atomic E-state index is 0.104. The van der Waals surface area contributed by atoms with Gasteiger partial charge in [0.05, 0.1) is 18.1 Å². The summed E-state index contributed by atoms with van der Waals surface area (Å²) in [6.45, 7) is 1.14. The quantitative estimate of drug-likeness (QED) is 0.470. The lowest BCUT2D eigenvalue weighted by Gasteiger charge is -2.33. The van der Waals surface area contributed by atoms with Gasteiger partial charge in [-0.3, -0.25) is 0 Å². The number of rotatable bonds is 7. The normalized spacial score (nSPS) is 21.4. The van der Waals surface area contributed by atoms with E-state index in [1.807, 2.05) is 29.9 Å². The van der Waals surface area contributed by atoms with E-state index < -0.39 is 10.0 Å². The molecule has 1 aliphatic heterocycles. The molecule has 0 bridgehead atoms. The maximum atomic E-state index is 13.4. The fourth-order valence-corrected chi connectivity index (χ4v) is 7.15. The first-order valence-electron chi connectivity index (χ1n) is 12.7. The molecule has 3 heterocycles. The molecule has 36 heavy (non-hydrogen) atoms. The zero-order valence-electron chi connectivity index (χ0n) is 21.6. The maximum Gasteiger partial charge on any atom is 0.243 e. The molecule has 3 aromatic rings. The molecule has 194 valence electrons. The van der Waals surface area contributed by atoms with Crippen molar-refractivity contribution in [3.05, 3.63) is 36.7 Å². The van der Waals surface area contributed by atoms with Crippen LogP contribution in [0.25, 0.3) is 22.0 Å². The van der Waals surface area contributed by atoms with Crippen molar-refractivity contribution < 1.29 is 17.9 Å². The lowest BCUT2D eigenvalue weighted by Crippen LogP contribution is -2.35. The molecule has 1 saturated carbocycles. The molecular weight excluding hydrogens is 476 g/mol. The van der Waals surface area contributed by atoms with Gasteiger partial charge < -0.3 is 18.9 Å². The molecule has 9 heteroatoms. The summed E-state index contributed by atoms with van der Waals surface area (Å²) in [5, 5.41) is 0.946. The Morgan fingerprint density at radius 2 is 1.75 bits per heavy atom. The number of fused-ring (bicyclic) bond motifs is 1. The monoisotopic (exact) mass is 512 g/mol. The molecule has 5 rings (SSSR count). The highest BCUT2D eigenvalue weighted by atomic mass is 32.2. The summed E-state index contributed by atoms with van der Waals surface area (Å²) in [7, 11) is 4.25. The maximum absolute atomic E-state index is 13.4. The molecule has 1 saturated heterocycles. The van der Waals surface area contributed by atoms with Gasteiger partial charge in [0.2, 0.25) is 15.9 Å². The minimum atomic E-state index is -3.57. The largest absolute Gasteiger partial charge is 0.490 e. The molecule has 8 nitrogen and oxygen atoms in total. The number of aryl methyl sites for hydroxylation is 1. The Balaban J connectivity index is 1.58. The van der Waals surface area contributed by atoms with Crippen molar-refractivity contribution in [2.75, 3.05) is 34.3 Å². The lowest BCUT2D eigenvalue weighted by atomic mass is 9.92. The van der Waals surface area contributed by atoms with E-state index in [2.05, 4.69) is 24.0 Å².